The van der Waals surface area contributed by atoms with Crippen molar-refractivity contribution in [3.63, 3.8) is 0 Å². The van der Waals surface area contributed by atoms with Crippen molar-refractivity contribution < 1.29 is 29.2 Å². The van der Waals surface area contributed by atoms with Crippen LogP contribution in [0, 0.1) is 11.8 Å². The van der Waals surface area contributed by atoms with Gasteiger partial charge in [0.1, 0.15) is 0 Å². The lowest BCUT2D eigenvalue weighted by atomic mass is 9.67. The van der Waals surface area contributed by atoms with Gasteiger partial charge in [-0.05, 0) is 47.4 Å². The lowest BCUT2D eigenvalue weighted by molar-refractivity contribution is -0.141. The van der Waals surface area contributed by atoms with Crippen LogP contribution < -0.4 is 9.47 Å². The Morgan fingerprint density at radius 1 is 1.04 bits per heavy atom. The van der Waals surface area contributed by atoms with E-state index in [0.717, 1.165) is 16.7 Å². The summed E-state index contributed by atoms with van der Waals surface area (Å²) in [5.74, 6) is 0.220. The SMILES string of the molecule is COc1ccc(C2c3cc(O)c(O)cc3CC3C(=O)OCC32)cc1OC. The highest BCUT2D eigenvalue weighted by Gasteiger charge is 2.47. The molecule has 1 aliphatic carbocycles. The molecule has 2 aromatic carbocycles. The molecule has 1 fully saturated rings. The Kier molecular flexibility index (Phi) is 3.90. The number of aromatic hydroxyl groups is 2. The van der Waals surface area contributed by atoms with Crippen LogP contribution in [0.1, 0.15) is 22.6 Å². The third-order valence-corrected chi connectivity index (χ3v) is 5.44. The van der Waals surface area contributed by atoms with E-state index >= 15 is 0 Å². The topological polar surface area (TPSA) is 85.2 Å². The van der Waals surface area contributed by atoms with E-state index < -0.39 is 0 Å². The highest BCUT2D eigenvalue weighted by Crippen LogP contribution is 2.50. The van der Waals surface area contributed by atoms with Gasteiger partial charge in [0.2, 0.25) is 0 Å². The summed E-state index contributed by atoms with van der Waals surface area (Å²) in [6.07, 6.45) is 0.496. The molecule has 0 radical (unpaired) electrons. The molecule has 2 aromatic rings. The van der Waals surface area contributed by atoms with Crippen LogP contribution >= 0.6 is 0 Å². The van der Waals surface area contributed by atoms with Gasteiger partial charge in [-0.3, -0.25) is 4.79 Å². The van der Waals surface area contributed by atoms with Gasteiger partial charge >= 0.3 is 5.97 Å². The Hall–Kier alpha value is -2.89. The molecule has 6 nitrogen and oxygen atoms in total. The number of fused-ring (bicyclic) bond motifs is 2. The molecule has 1 aliphatic heterocycles. The molecular formula is C20H20O6. The van der Waals surface area contributed by atoms with E-state index in [4.69, 9.17) is 14.2 Å². The Balaban J connectivity index is 1.88. The van der Waals surface area contributed by atoms with E-state index in [2.05, 4.69) is 0 Å². The van der Waals surface area contributed by atoms with Crippen LogP contribution in [0.15, 0.2) is 30.3 Å². The van der Waals surface area contributed by atoms with E-state index in [0.29, 0.717) is 24.5 Å². The molecular weight excluding hydrogens is 336 g/mol. The van der Waals surface area contributed by atoms with Crippen LogP contribution in [0.5, 0.6) is 23.0 Å². The number of cyclic esters (lactones) is 1. The van der Waals surface area contributed by atoms with Gasteiger partial charge in [0.15, 0.2) is 23.0 Å². The zero-order chi connectivity index (χ0) is 18.4. The molecule has 4 rings (SSSR count). The molecule has 136 valence electrons. The predicted molar refractivity (Wildman–Crippen MR) is 92.8 cm³/mol. The summed E-state index contributed by atoms with van der Waals surface area (Å²) in [5, 5.41) is 19.9. The van der Waals surface area contributed by atoms with E-state index in [-0.39, 0.29) is 35.2 Å². The lowest BCUT2D eigenvalue weighted by Crippen LogP contribution is -2.31. The third kappa shape index (κ3) is 2.44. The molecule has 3 atom stereocenters. The van der Waals surface area contributed by atoms with Gasteiger partial charge in [0.25, 0.3) is 0 Å². The molecule has 0 amide bonds. The second-order valence-corrected chi connectivity index (χ2v) is 6.74. The van der Waals surface area contributed by atoms with Crippen LogP contribution in [0.2, 0.25) is 0 Å². The molecule has 0 bridgehead atoms. The Labute approximate surface area is 150 Å². The van der Waals surface area contributed by atoms with Gasteiger partial charge in [-0.25, -0.2) is 0 Å². The number of carbonyl (C=O) groups is 1. The molecule has 0 saturated carbocycles. The van der Waals surface area contributed by atoms with Crippen molar-refractivity contribution in [2.24, 2.45) is 11.8 Å². The zero-order valence-corrected chi connectivity index (χ0v) is 14.6. The van der Waals surface area contributed by atoms with Gasteiger partial charge < -0.3 is 24.4 Å². The smallest absolute Gasteiger partial charge is 0.309 e. The summed E-state index contributed by atoms with van der Waals surface area (Å²) < 4.78 is 16.1. The first-order valence-corrected chi connectivity index (χ1v) is 8.46. The minimum atomic E-state index is -0.260. The van der Waals surface area contributed by atoms with Gasteiger partial charge in [0, 0.05) is 11.8 Å². The average Bonchev–Trinajstić information content (AvgIpc) is 3.01. The van der Waals surface area contributed by atoms with Crippen LogP contribution in [-0.4, -0.2) is 37.0 Å². The molecule has 2 N–H and O–H groups in total. The summed E-state index contributed by atoms with van der Waals surface area (Å²) in [4.78, 5) is 12.2. The number of phenols is 2. The van der Waals surface area contributed by atoms with Crippen molar-refractivity contribution in [1.29, 1.82) is 0 Å². The summed E-state index contributed by atoms with van der Waals surface area (Å²) in [6.45, 7) is 0.337. The number of phenolic OH excluding ortho intramolecular Hbond substituents is 2. The molecule has 1 heterocycles. The number of rotatable bonds is 3. The number of ether oxygens (including phenoxy) is 3. The van der Waals surface area contributed by atoms with Crippen LogP contribution in [-0.2, 0) is 16.0 Å². The number of hydrogen-bond acceptors (Lipinski definition) is 6. The van der Waals surface area contributed by atoms with Crippen LogP contribution in [0.25, 0.3) is 0 Å². The number of esters is 1. The Bertz CT molecular complexity index is 875. The fourth-order valence-electron chi connectivity index (χ4n) is 4.18. The van der Waals surface area contributed by atoms with Crippen molar-refractivity contribution in [1.82, 2.24) is 0 Å². The molecule has 0 aromatic heterocycles. The van der Waals surface area contributed by atoms with Crippen molar-refractivity contribution in [3.8, 4) is 23.0 Å². The maximum absolute atomic E-state index is 12.2. The monoisotopic (exact) mass is 356 g/mol. The summed E-state index contributed by atoms with van der Waals surface area (Å²) in [5.41, 5.74) is 2.69. The number of hydrogen-bond donors (Lipinski definition) is 2. The minimum Gasteiger partial charge on any atom is -0.504 e. The second kappa shape index (κ2) is 6.12. The maximum atomic E-state index is 12.2. The summed E-state index contributed by atoms with van der Waals surface area (Å²) >= 11 is 0. The normalized spacial score (nSPS) is 23.8. The second-order valence-electron chi connectivity index (χ2n) is 6.74. The van der Waals surface area contributed by atoms with Crippen molar-refractivity contribution in [2.45, 2.75) is 12.3 Å². The fraction of sp³-hybridized carbons (Fsp3) is 0.350. The quantitative estimate of drug-likeness (QED) is 0.649. The zero-order valence-electron chi connectivity index (χ0n) is 14.6. The highest BCUT2D eigenvalue weighted by atomic mass is 16.5. The molecule has 2 aliphatic rings. The molecule has 0 spiro atoms. The van der Waals surface area contributed by atoms with Crippen LogP contribution in [0.4, 0.5) is 0 Å². The molecule has 1 saturated heterocycles. The van der Waals surface area contributed by atoms with E-state index in [1.165, 1.54) is 0 Å². The molecule has 26 heavy (non-hydrogen) atoms. The fourth-order valence-corrected chi connectivity index (χ4v) is 4.18. The average molecular weight is 356 g/mol. The van der Waals surface area contributed by atoms with Crippen LogP contribution in [0.3, 0.4) is 0 Å². The Morgan fingerprint density at radius 2 is 1.77 bits per heavy atom. The first-order chi connectivity index (χ1) is 12.5. The minimum absolute atomic E-state index is 0.0305. The number of benzene rings is 2. The van der Waals surface area contributed by atoms with Gasteiger partial charge in [0.05, 0.1) is 26.7 Å². The van der Waals surface area contributed by atoms with Gasteiger partial charge in [-0.1, -0.05) is 6.07 Å². The number of methoxy groups -OCH3 is 2. The van der Waals surface area contributed by atoms with Crippen molar-refractivity contribution in [3.05, 3.63) is 47.0 Å². The molecule has 6 heteroatoms. The number of carbonyl (C=O) groups excluding carboxylic acids is 1. The van der Waals surface area contributed by atoms with E-state index in [9.17, 15) is 15.0 Å². The van der Waals surface area contributed by atoms with E-state index in [1.54, 1.807) is 26.4 Å². The highest BCUT2D eigenvalue weighted by molar-refractivity contribution is 5.77. The van der Waals surface area contributed by atoms with Gasteiger partial charge in [-0.15, -0.1) is 0 Å². The Morgan fingerprint density at radius 3 is 2.50 bits per heavy atom. The first-order valence-electron chi connectivity index (χ1n) is 8.46. The maximum Gasteiger partial charge on any atom is 0.309 e. The standard InChI is InChI=1S/C20H20O6/c1-24-17-4-3-10(7-18(17)25-2)19-12-8-16(22)15(21)6-11(12)5-13-14(19)9-26-20(13)23/h3-4,6-8,13-14,19,21-22H,5,9H2,1-2H3. The predicted octanol–water partition coefficient (Wildman–Crippen LogP) is 2.59. The first kappa shape index (κ1) is 16.6. The molecule has 3 unspecified atom stereocenters. The van der Waals surface area contributed by atoms with Gasteiger partial charge in [-0.2, -0.15) is 0 Å². The lowest BCUT2D eigenvalue weighted by Gasteiger charge is -2.34. The summed E-state index contributed by atoms with van der Waals surface area (Å²) in [7, 11) is 3.15. The van der Waals surface area contributed by atoms with E-state index in [1.807, 2.05) is 18.2 Å². The largest absolute Gasteiger partial charge is 0.504 e. The summed E-state index contributed by atoms with van der Waals surface area (Å²) in [6, 6.07) is 8.79. The van der Waals surface area contributed by atoms with Crippen molar-refractivity contribution >= 4 is 5.97 Å². The third-order valence-electron chi connectivity index (χ3n) is 5.44. The van der Waals surface area contributed by atoms with Crippen molar-refractivity contribution in [2.75, 3.05) is 20.8 Å².